The molecule has 2 rings (SSSR count). The molecular weight excluding hydrogens is 320 g/mol. The van der Waals surface area contributed by atoms with Crippen LogP contribution in [0.4, 0.5) is 5.69 Å². The lowest BCUT2D eigenvalue weighted by atomic mass is 10.0. The summed E-state index contributed by atoms with van der Waals surface area (Å²) in [6.07, 6.45) is 0.482. The molecule has 4 N–H and O–H groups in total. The van der Waals surface area contributed by atoms with Crippen LogP contribution < -0.4 is 21.1 Å². The van der Waals surface area contributed by atoms with E-state index in [0.717, 1.165) is 11.4 Å². The summed E-state index contributed by atoms with van der Waals surface area (Å²) >= 11 is 0. The molecule has 1 aliphatic heterocycles. The lowest BCUT2D eigenvalue weighted by Gasteiger charge is -2.33. The first-order chi connectivity index (χ1) is 11.8. The normalized spacial score (nSPS) is 20.3. The Balaban J connectivity index is 2.13. The Bertz CT molecular complexity index is 615. The first kappa shape index (κ1) is 19.1. The van der Waals surface area contributed by atoms with Crippen molar-refractivity contribution in [2.45, 2.75) is 44.8 Å². The van der Waals surface area contributed by atoms with E-state index in [1.807, 2.05) is 31.2 Å². The minimum absolute atomic E-state index is 0.146. The number of anilines is 1. The van der Waals surface area contributed by atoms with E-state index in [1.54, 1.807) is 25.9 Å². The molecule has 0 spiro atoms. The summed E-state index contributed by atoms with van der Waals surface area (Å²) in [5, 5.41) is 6.02. The van der Waals surface area contributed by atoms with Crippen molar-refractivity contribution >= 4 is 17.5 Å². The summed E-state index contributed by atoms with van der Waals surface area (Å²) in [6.45, 7) is 6.37. The molecule has 2 amide bonds. The van der Waals surface area contributed by atoms with Crippen molar-refractivity contribution in [3.05, 3.63) is 24.3 Å². The zero-order valence-corrected chi connectivity index (χ0v) is 15.3. The fourth-order valence-corrected chi connectivity index (χ4v) is 3.08. The second-order valence-corrected chi connectivity index (χ2v) is 6.84. The third-order valence-electron chi connectivity index (χ3n) is 4.33. The number of methoxy groups -OCH3 is 1. The van der Waals surface area contributed by atoms with Gasteiger partial charge in [-0.05, 0) is 51.5 Å². The van der Waals surface area contributed by atoms with Gasteiger partial charge in [0.15, 0.2) is 0 Å². The van der Waals surface area contributed by atoms with Crippen LogP contribution in [-0.2, 0) is 9.59 Å². The van der Waals surface area contributed by atoms with Crippen molar-refractivity contribution < 1.29 is 14.3 Å². The molecule has 7 heteroatoms. The van der Waals surface area contributed by atoms with Gasteiger partial charge >= 0.3 is 0 Å². The SMILES string of the molecule is CCNC(=O)[C@@H]1C[C@H](N)CN1C(=O)C(C)(C)Nc1ccc(OC)cc1. The van der Waals surface area contributed by atoms with Crippen LogP contribution in [-0.4, -0.2) is 54.5 Å². The molecule has 2 atom stereocenters. The van der Waals surface area contributed by atoms with Crippen LogP contribution in [0.25, 0.3) is 0 Å². The number of hydrogen-bond acceptors (Lipinski definition) is 5. The van der Waals surface area contributed by atoms with Gasteiger partial charge < -0.3 is 26.0 Å². The number of nitrogens with two attached hydrogens (primary N) is 1. The minimum Gasteiger partial charge on any atom is -0.497 e. The Labute approximate surface area is 148 Å². The van der Waals surface area contributed by atoms with Crippen molar-refractivity contribution in [1.82, 2.24) is 10.2 Å². The Morgan fingerprint density at radius 2 is 1.96 bits per heavy atom. The fraction of sp³-hybridized carbons (Fsp3) is 0.556. The van der Waals surface area contributed by atoms with Gasteiger partial charge in [0.25, 0.3) is 0 Å². The number of likely N-dealkylation sites (tertiary alicyclic amines) is 1. The molecule has 1 saturated heterocycles. The third-order valence-corrected chi connectivity index (χ3v) is 4.33. The number of nitrogens with one attached hydrogen (secondary N) is 2. The van der Waals surface area contributed by atoms with Gasteiger partial charge in [0.2, 0.25) is 11.8 Å². The lowest BCUT2D eigenvalue weighted by molar-refractivity contribution is -0.141. The number of carbonyl (C=O) groups is 2. The van der Waals surface area contributed by atoms with E-state index in [9.17, 15) is 9.59 Å². The zero-order chi connectivity index (χ0) is 18.6. The number of hydrogen-bond donors (Lipinski definition) is 3. The average molecular weight is 348 g/mol. The molecule has 0 aromatic heterocycles. The van der Waals surface area contributed by atoms with Crippen LogP contribution in [0.5, 0.6) is 5.75 Å². The molecule has 1 aromatic rings. The predicted octanol–water partition coefficient (Wildman–Crippen LogP) is 0.950. The van der Waals surface area contributed by atoms with E-state index < -0.39 is 11.6 Å². The molecule has 0 unspecified atom stereocenters. The van der Waals surface area contributed by atoms with Gasteiger partial charge in [0.05, 0.1) is 7.11 Å². The van der Waals surface area contributed by atoms with Crippen molar-refractivity contribution in [2.75, 3.05) is 25.5 Å². The van der Waals surface area contributed by atoms with Crippen LogP contribution in [0.15, 0.2) is 24.3 Å². The number of likely N-dealkylation sites (N-methyl/N-ethyl adjacent to an activating group) is 1. The van der Waals surface area contributed by atoms with Gasteiger partial charge in [-0.15, -0.1) is 0 Å². The summed E-state index contributed by atoms with van der Waals surface area (Å²) in [5.74, 6) is 0.452. The highest BCUT2D eigenvalue weighted by atomic mass is 16.5. The molecule has 1 heterocycles. The summed E-state index contributed by atoms with van der Waals surface area (Å²) in [6, 6.07) is 6.65. The monoisotopic (exact) mass is 348 g/mol. The molecule has 0 bridgehead atoms. The minimum atomic E-state index is -0.872. The Kier molecular flexibility index (Phi) is 5.89. The van der Waals surface area contributed by atoms with E-state index >= 15 is 0 Å². The quantitative estimate of drug-likeness (QED) is 0.711. The molecule has 1 aromatic carbocycles. The average Bonchev–Trinajstić information content (AvgIpc) is 2.96. The molecule has 1 aliphatic rings. The van der Waals surface area contributed by atoms with E-state index in [-0.39, 0.29) is 17.9 Å². The number of benzene rings is 1. The van der Waals surface area contributed by atoms with Gasteiger partial charge in [-0.25, -0.2) is 0 Å². The van der Waals surface area contributed by atoms with Crippen LogP contribution in [0.1, 0.15) is 27.2 Å². The van der Waals surface area contributed by atoms with Crippen LogP contribution in [0.3, 0.4) is 0 Å². The van der Waals surface area contributed by atoms with Gasteiger partial charge in [-0.3, -0.25) is 9.59 Å². The largest absolute Gasteiger partial charge is 0.497 e. The zero-order valence-electron chi connectivity index (χ0n) is 15.3. The van der Waals surface area contributed by atoms with Gasteiger partial charge in [0, 0.05) is 24.8 Å². The predicted molar refractivity (Wildman–Crippen MR) is 97.5 cm³/mol. The van der Waals surface area contributed by atoms with Gasteiger partial charge in [0.1, 0.15) is 17.3 Å². The fourth-order valence-electron chi connectivity index (χ4n) is 3.08. The standard InChI is InChI=1S/C18H28N4O3/c1-5-20-16(23)15-10-12(19)11-22(15)17(24)18(2,3)21-13-6-8-14(25-4)9-7-13/h6-9,12,15,21H,5,10-11,19H2,1-4H3,(H,20,23)/t12-,15-/m0/s1. The number of amides is 2. The summed E-state index contributed by atoms with van der Waals surface area (Å²) in [5.41, 5.74) is 5.94. The topological polar surface area (TPSA) is 96.7 Å². The maximum atomic E-state index is 13.1. The summed E-state index contributed by atoms with van der Waals surface area (Å²) in [7, 11) is 1.61. The van der Waals surface area contributed by atoms with E-state index in [2.05, 4.69) is 10.6 Å². The second-order valence-electron chi connectivity index (χ2n) is 6.84. The van der Waals surface area contributed by atoms with Crippen molar-refractivity contribution in [3.8, 4) is 5.75 Å². The maximum absolute atomic E-state index is 13.1. The highest BCUT2D eigenvalue weighted by molar-refractivity contribution is 5.94. The Morgan fingerprint density at radius 1 is 1.32 bits per heavy atom. The van der Waals surface area contributed by atoms with Crippen molar-refractivity contribution in [2.24, 2.45) is 5.73 Å². The number of carbonyl (C=O) groups excluding carboxylic acids is 2. The lowest BCUT2D eigenvalue weighted by Crippen LogP contribution is -2.55. The maximum Gasteiger partial charge on any atom is 0.248 e. The number of ether oxygens (including phenoxy) is 1. The van der Waals surface area contributed by atoms with Crippen molar-refractivity contribution in [3.63, 3.8) is 0 Å². The molecule has 0 aliphatic carbocycles. The highest BCUT2D eigenvalue weighted by Crippen LogP contribution is 2.25. The smallest absolute Gasteiger partial charge is 0.248 e. The molecule has 0 saturated carbocycles. The van der Waals surface area contributed by atoms with E-state index in [0.29, 0.717) is 19.5 Å². The molecule has 138 valence electrons. The van der Waals surface area contributed by atoms with Gasteiger partial charge in [-0.1, -0.05) is 0 Å². The second kappa shape index (κ2) is 7.74. The van der Waals surface area contributed by atoms with E-state index in [1.165, 1.54) is 0 Å². The molecule has 0 radical (unpaired) electrons. The third kappa shape index (κ3) is 4.42. The highest BCUT2D eigenvalue weighted by Gasteiger charge is 2.43. The molecule has 7 nitrogen and oxygen atoms in total. The van der Waals surface area contributed by atoms with E-state index in [4.69, 9.17) is 10.5 Å². The molecular formula is C18H28N4O3. The first-order valence-corrected chi connectivity index (χ1v) is 8.55. The summed E-state index contributed by atoms with van der Waals surface area (Å²) < 4.78 is 5.14. The van der Waals surface area contributed by atoms with Crippen LogP contribution >= 0.6 is 0 Å². The summed E-state index contributed by atoms with van der Waals surface area (Å²) in [4.78, 5) is 26.9. The Morgan fingerprint density at radius 3 is 2.52 bits per heavy atom. The van der Waals surface area contributed by atoms with Crippen molar-refractivity contribution in [1.29, 1.82) is 0 Å². The van der Waals surface area contributed by atoms with Crippen LogP contribution in [0, 0.1) is 0 Å². The Hall–Kier alpha value is -2.28. The van der Waals surface area contributed by atoms with Crippen LogP contribution in [0.2, 0.25) is 0 Å². The van der Waals surface area contributed by atoms with Gasteiger partial charge in [-0.2, -0.15) is 0 Å². The number of nitrogens with zero attached hydrogens (tertiary/aromatic N) is 1. The number of rotatable bonds is 6. The molecule has 25 heavy (non-hydrogen) atoms. The first-order valence-electron chi connectivity index (χ1n) is 8.55. The molecule has 1 fully saturated rings.